The molecule has 0 aliphatic carbocycles. The zero-order valence-corrected chi connectivity index (χ0v) is 17.3. The summed E-state index contributed by atoms with van der Waals surface area (Å²) in [6.45, 7) is 1.67. The minimum atomic E-state index is -4.50. The molecule has 33 heavy (non-hydrogen) atoms. The Morgan fingerprint density at radius 2 is 1.85 bits per heavy atom. The number of benzene rings is 2. The van der Waals surface area contributed by atoms with Crippen molar-refractivity contribution in [3.63, 3.8) is 0 Å². The van der Waals surface area contributed by atoms with Crippen LogP contribution in [0.15, 0.2) is 67.3 Å². The average molecular weight is 450 g/mol. The van der Waals surface area contributed by atoms with Gasteiger partial charge in [0.2, 0.25) is 0 Å². The Morgan fingerprint density at radius 1 is 1.03 bits per heavy atom. The predicted octanol–water partition coefficient (Wildman–Crippen LogP) is 4.46. The van der Waals surface area contributed by atoms with Gasteiger partial charge in [-0.2, -0.15) is 18.2 Å². The number of aliphatic hydroxyl groups is 1. The summed E-state index contributed by atoms with van der Waals surface area (Å²) in [4.78, 5) is 12.9. The first-order chi connectivity index (χ1) is 15.8. The summed E-state index contributed by atoms with van der Waals surface area (Å²) < 4.78 is 43.5. The largest absolute Gasteiger partial charge is 0.417 e. The molecule has 10 heteroatoms. The van der Waals surface area contributed by atoms with E-state index in [-0.39, 0.29) is 23.6 Å². The lowest BCUT2D eigenvalue weighted by Crippen LogP contribution is -2.07. The molecule has 5 rings (SSSR count). The molecule has 0 saturated carbocycles. The van der Waals surface area contributed by atoms with Crippen molar-refractivity contribution in [1.29, 1.82) is 0 Å². The molecule has 0 atom stereocenters. The van der Waals surface area contributed by atoms with E-state index >= 15 is 0 Å². The number of halogens is 3. The molecule has 166 valence electrons. The van der Waals surface area contributed by atoms with Gasteiger partial charge < -0.3 is 9.67 Å². The maximum Gasteiger partial charge on any atom is 0.417 e. The van der Waals surface area contributed by atoms with Gasteiger partial charge in [0.05, 0.1) is 35.6 Å². The SMILES string of the molecule is Cc1cn(-c2ccc(-c3nc4nc(-c5ccccc5C(F)(F)F)ccn4n3)cc2CO)cn1. The Hall–Kier alpha value is -4.05. The number of fused-ring (bicyclic) bond motifs is 1. The molecule has 0 unspecified atom stereocenters. The molecule has 0 radical (unpaired) electrons. The average Bonchev–Trinajstić information content (AvgIpc) is 3.43. The molecule has 7 nitrogen and oxygen atoms in total. The molecule has 3 aromatic heterocycles. The van der Waals surface area contributed by atoms with Crippen molar-refractivity contribution in [1.82, 2.24) is 29.1 Å². The molecular weight excluding hydrogens is 433 g/mol. The van der Waals surface area contributed by atoms with Crippen molar-refractivity contribution in [2.24, 2.45) is 0 Å². The highest BCUT2D eigenvalue weighted by atomic mass is 19.4. The first kappa shape index (κ1) is 20.8. The third-order valence-electron chi connectivity index (χ3n) is 5.21. The van der Waals surface area contributed by atoms with E-state index in [9.17, 15) is 18.3 Å². The molecule has 1 N–H and O–H groups in total. The van der Waals surface area contributed by atoms with Crippen molar-refractivity contribution in [2.45, 2.75) is 19.7 Å². The highest BCUT2D eigenvalue weighted by Gasteiger charge is 2.33. The monoisotopic (exact) mass is 450 g/mol. The third-order valence-corrected chi connectivity index (χ3v) is 5.21. The van der Waals surface area contributed by atoms with Crippen LogP contribution in [0.4, 0.5) is 13.2 Å². The molecule has 0 spiro atoms. The summed E-state index contributed by atoms with van der Waals surface area (Å²) >= 11 is 0. The van der Waals surface area contributed by atoms with Crippen LogP contribution < -0.4 is 0 Å². The smallest absolute Gasteiger partial charge is 0.392 e. The van der Waals surface area contributed by atoms with E-state index in [4.69, 9.17) is 0 Å². The zero-order chi connectivity index (χ0) is 23.2. The van der Waals surface area contributed by atoms with Crippen molar-refractivity contribution in [3.8, 4) is 28.3 Å². The number of alkyl halides is 3. The summed E-state index contributed by atoms with van der Waals surface area (Å²) in [6.07, 6.45) is 0.537. The molecule has 0 aliphatic heterocycles. The maximum atomic E-state index is 13.4. The topological polar surface area (TPSA) is 81.1 Å². The number of hydrogen-bond donors (Lipinski definition) is 1. The number of rotatable bonds is 4. The Bertz CT molecular complexity index is 1470. The molecule has 0 fully saturated rings. The lowest BCUT2D eigenvalue weighted by molar-refractivity contribution is -0.137. The van der Waals surface area contributed by atoms with Crippen molar-refractivity contribution in [3.05, 3.63) is 84.1 Å². The van der Waals surface area contributed by atoms with Crippen LogP contribution in [0.2, 0.25) is 0 Å². The Morgan fingerprint density at radius 3 is 2.58 bits per heavy atom. The van der Waals surface area contributed by atoms with Gasteiger partial charge in [-0.05, 0) is 37.3 Å². The van der Waals surface area contributed by atoms with E-state index in [0.29, 0.717) is 17.0 Å². The lowest BCUT2D eigenvalue weighted by Gasteiger charge is -2.11. The summed E-state index contributed by atoms with van der Waals surface area (Å²) in [5.41, 5.74) is 2.27. The number of aliphatic hydroxyl groups excluding tert-OH is 1. The van der Waals surface area contributed by atoms with E-state index in [0.717, 1.165) is 17.4 Å². The van der Waals surface area contributed by atoms with Crippen molar-refractivity contribution < 1.29 is 18.3 Å². The Balaban J connectivity index is 1.55. The van der Waals surface area contributed by atoms with Crippen LogP contribution in [0.1, 0.15) is 16.8 Å². The van der Waals surface area contributed by atoms with E-state index in [2.05, 4.69) is 20.1 Å². The first-order valence-electron chi connectivity index (χ1n) is 9.98. The third kappa shape index (κ3) is 3.85. The zero-order valence-electron chi connectivity index (χ0n) is 17.3. The first-order valence-corrected chi connectivity index (χ1v) is 9.98. The van der Waals surface area contributed by atoms with Gasteiger partial charge in [-0.3, -0.25) is 0 Å². The van der Waals surface area contributed by atoms with Gasteiger partial charge >= 0.3 is 6.18 Å². The van der Waals surface area contributed by atoms with Gasteiger partial charge in [-0.25, -0.2) is 14.5 Å². The maximum absolute atomic E-state index is 13.4. The molecule has 0 saturated heterocycles. The van der Waals surface area contributed by atoms with Gasteiger partial charge in [0, 0.05) is 29.1 Å². The fourth-order valence-electron chi connectivity index (χ4n) is 3.66. The van der Waals surface area contributed by atoms with Crippen LogP contribution in [0.3, 0.4) is 0 Å². The van der Waals surface area contributed by atoms with Gasteiger partial charge in [-0.1, -0.05) is 18.2 Å². The molecule has 5 aromatic rings. The predicted molar refractivity (Wildman–Crippen MR) is 114 cm³/mol. The number of nitrogens with zero attached hydrogens (tertiary/aromatic N) is 6. The molecule has 0 aliphatic rings. The highest BCUT2D eigenvalue weighted by molar-refractivity contribution is 5.67. The second-order valence-electron chi connectivity index (χ2n) is 7.46. The molecular formula is C23H17F3N6O. The number of imidazole rings is 1. The lowest BCUT2D eigenvalue weighted by atomic mass is 10.0. The number of aromatic nitrogens is 6. The summed E-state index contributed by atoms with van der Waals surface area (Å²) in [5, 5.41) is 14.3. The minimum absolute atomic E-state index is 0.0282. The summed E-state index contributed by atoms with van der Waals surface area (Å²) in [6, 6.07) is 12.1. The second-order valence-corrected chi connectivity index (χ2v) is 7.46. The highest BCUT2D eigenvalue weighted by Crippen LogP contribution is 2.36. The second kappa shape index (κ2) is 7.82. The van der Waals surface area contributed by atoms with Crippen LogP contribution in [-0.4, -0.2) is 34.2 Å². The van der Waals surface area contributed by atoms with Gasteiger partial charge in [0.1, 0.15) is 0 Å². The van der Waals surface area contributed by atoms with Crippen LogP contribution in [0.5, 0.6) is 0 Å². The Kier molecular flexibility index (Phi) is 4.94. The summed E-state index contributed by atoms with van der Waals surface area (Å²) in [7, 11) is 0. The fourth-order valence-corrected chi connectivity index (χ4v) is 3.66. The van der Waals surface area contributed by atoms with Gasteiger partial charge in [0.15, 0.2) is 5.82 Å². The quantitative estimate of drug-likeness (QED) is 0.437. The summed E-state index contributed by atoms with van der Waals surface area (Å²) in [5.74, 6) is 0.506. The van der Waals surface area contributed by atoms with E-state index < -0.39 is 11.7 Å². The molecule has 0 bridgehead atoms. The van der Waals surface area contributed by atoms with Crippen LogP contribution in [0, 0.1) is 6.92 Å². The van der Waals surface area contributed by atoms with Crippen LogP contribution in [0.25, 0.3) is 34.1 Å². The normalized spacial score (nSPS) is 11.9. The van der Waals surface area contributed by atoms with E-state index in [1.807, 2.05) is 23.8 Å². The minimum Gasteiger partial charge on any atom is -0.392 e. The molecule has 2 aromatic carbocycles. The van der Waals surface area contributed by atoms with Crippen LogP contribution in [-0.2, 0) is 12.8 Å². The van der Waals surface area contributed by atoms with Crippen molar-refractivity contribution in [2.75, 3.05) is 0 Å². The van der Waals surface area contributed by atoms with E-state index in [1.165, 1.54) is 35.0 Å². The van der Waals surface area contributed by atoms with Gasteiger partial charge in [-0.15, -0.1) is 5.10 Å². The fraction of sp³-hybridized carbons (Fsp3) is 0.130. The van der Waals surface area contributed by atoms with E-state index in [1.54, 1.807) is 18.5 Å². The van der Waals surface area contributed by atoms with Crippen LogP contribution >= 0.6 is 0 Å². The number of aryl methyl sites for hydroxylation is 1. The molecule has 0 amide bonds. The number of hydrogen-bond acceptors (Lipinski definition) is 5. The standard InChI is InChI=1S/C23H17F3N6O/c1-14-11-31(13-27-14)20-7-6-15(10-16(20)12-33)21-29-22-28-19(8-9-32(22)30-21)17-4-2-3-5-18(17)23(24,25)26/h2-11,13,33H,12H2,1H3. The van der Waals surface area contributed by atoms with Gasteiger partial charge in [0.25, 0.3) is 5.78 Å². The molecule has 3 heterocycles. The van der Waals surface area contributed by atoms with Crippen molar-refractivity contribution >= 4 is 5.78 Å². The Labute approximate surface area is 185 Å².